The number of aromatic nitrogens is 4. The summed E-state index contributed by atoms with van der Waals surface area (Å²) in [5, 5.41) is 14.9. The van der Waals surface area contributed by atoms with E-state index in [1.807, 2.05) is 32.9 Å². The fraction of sp³-hybridized carbons (Fsp3) is 0.370. The predicted molar refractivity (Wildman–Crippen MR) is 152 cm³/mol. The van der Waals surface area contributed by atoms with Crippen LogP contribution < -0.4 is 21.1 Å². The number of anilines is 3. The molecule has 1 amide bonds. The molecule has 200 valence electrons. The fourth-order valence-corrected chi connectivity index (χ4v) is 4.21. The Bertz CT molecular complexity index is 1420. The van der Waals surface area contributed by atoms with Crippen molar-refractivity contribution in [3.8, 4) is 0 Å². The SMILES string of the molecule is C=CCn1c(=O)c2cnc(Nc3ccc(N4CCN(C)CC4)cc3)nc2n1C(=N)/C=C\C(=O)NC(C)(C)C. The van der Waals surface area contributed by atoms with Crippen molar-refractivity contribution in [1.29, 1.82) is 5.41 Å². The fourth-order valence-electron chi connectivity index (χ4n) is 4.21. The third-order valence-electron chi connectivity index (χ3n) is 6.09. The van der Waals surface area contributed by atoms with E-state index in [1.54, 1.807) is 6.08 Å². The number of carbonyl (C=O) groups is 1. The van der Waals surface area contributed by atoms with E-state index in [0.717, 1.165) is 37.6 Å². The molecule has 0 unspecified atom stereocenters. The molecular weight excluding hydrogens is 482 g/mol. The Hall–Kier alpha value is -4.25. The van der Waals surface area contributed by atoms with Crippen molar-refractivity contribution in [3.63, 3.8) is 0 Å². The Morgan fingerprint density at radius 2 is 1.82 bits per heavy atom. The summed E-state index contributed by atoms with van der Waals surface area (Å²) >= 11 is 0. The lowest BCUT2D eigenvalue weighted by Crippen LogP contribution is -2.44. The van der Waals surface area contributed by atoms with Gasteiger partial charge in [0.05, 0.1) is 6.54 Å². The zero-order chi connectivity index (χ0) is 27.4. The number of nitrogens with zero attached hydrogens (tertiary/aromatic N) is 6. The third-order valence-corrected chi connectivity index (χ3v) is 6.09. The van der Waals surface area contributed by atoms with Gasteiger partial charge in [0.25, 0.3) is 5.56 Å². The lowest BCUT2D eigenvalue weighted by molar-refractivity contribution is -0.117. The van der Waals surface area contributed by atoms with E-state index < -0.39 is 5.54 Å². The van der Waals surface area contributed by atoms with Gasteiger partial charge < -0.3 is 20.4 Å². The molecule has 0 saturated carbocycles. The van der Waals surface area contributed by atoms with E-state index in [1.165, 1.54) is 27.7 Å². The average molecular weight is 518 g/mol. The molecule has 2 aromatic heterocycles. The van der Waals surface area contributed by atoms with Crippen LogP contribution in [0.2, 0.25) is 0 Å². The summed E-state index contributed by atoms with van der Waals surface area (Å²) in [6.07, 6.45) is 5.62. The molecule has 0 radical (unpaired) electrons. The maximum absolute atomic E-state index is 13.0. The zero-order valence-electron chi connectivity index (χ0n) is 22.4. The van der Waals surface area contributed by atoms with Crippen molar-refractivity contribution >= 4 is 40.1 Å². The molecule has 0 atom stereocenters. The largest absolute Gasteiger partial charge is 0.369 e. The first-order valence-electron chi connectivity index (χ1n) is 12.5. The Morgan fingerprint density at radius 1 is 1.13 bits per heavy atom. The van der Waals surface area contributed by atoms with Gasteiger partial charge in [0.1, 0.15) is 11.2 Å². The van der Waals surface area contributed by atoms with Crippen LogP contribution in [-0.4, -0.2) is 74.7 Å². The lowest BCUT2D eigenvalue weighted by atomic mass is 10.1. The minimum atomic E-state index is -0.412. The van der Waals surface area contributed by atoms with Gasteiger partial charge in [-0.3, -0.25) is 15.0 Å². The molecular formula is C27H35N9O2. The van der Waals surface area contributed by atoms with E-state index in [4.69, 9.17) is 5.41 Å². The summed E-state index contributed by atoms with van der Waals surface area (Å²) in [4.78, 5) is 38.8. The number of benzene rings is 1. The molecule has 11 heteroatoms. The quantitative estimate of drug-likeness (QED) is 0.190. The summed E-state index contributed by atoms with van der Waals surface area (Å²) in [6.45, 7) is 13.5. The molecule has 4 rings (SSSR count). The summed E-state index contributed by atoms with van der Waals surface area (Å²) in [7, 11) is 2.13. The second-order valence-electron chi connectivity index (χ2n) is 10.3. The first-order chi connectivity index (χ1) is 18.1. The minimum absolute atomic E-state index is 0.0933. The van der Waals surface area contributed by atoms with Crippen molar-refractivity contribution in [3.05, 3.63) is 65.6 Å². The van der Waals surface area contributed by atoms with Gasteiger partial charge in [-0.1, -0.05) is 6.08 Å². The Morgan fingerprint density at radius 3 is 2.45 bits per heavy atom. The van der Waals surface area contributed by atoms with E-state index in [0.29, 0.717) is 0 Å². The molecule has 38 heavy (non-hydrogen) atoms. The molecule has 0 spiro atoms. The predicted octanol–water partition coefficient (Wildman–Crippen LogP) is 2.57. The topological polar surface area (TPSA) is 124 Å². The summed E-state index contributed by atoms with van der Waals surface area (Å²) in [5.41, 5.74) is 1.46. The van der Waals surface area contributed by atoms with Crippen LogP contribution in [0.1, 0.15) is 20.8 Å². The Kier molecular flexibility index (Phi) is 7.77. The van der Waals surface area contributed by atoms with Crippen molar-refractivity contribution in [2.75, 3.05) is 43.4 Å². The van der Waals surface area contributed by atoms with Gasteiger partial charge in [0.15, 0.2) is 5.65 Å². The molecule has 0 bridgehead atoms. The molecule has 1 saturated heterocycles. The summed E-state index contributed by atoms with van der Waals surface area (Å²) in [6, 6.07) is 8.06. The number of piperazine rings is 1. The van der Waals surface area contributed by atoms with Crippen LogP contribution in [0.5, 0.6) is 0 Å². The van der Waals surface area contributed by atoms with Crippen LogP contribution in [0, 0.1) is 5.41 Å². The number of nitrogens with one attached hydrogen (secondary N) is 3. The lowest BCUT2D eigenvalue weighted by Gasteiger charge is -2.34. The van der Waals surface area contributed by atoms with Crippen molar-refractivity contribution < 1.29 is 4.79 Å². The van der Waals surface area contributed by atoms with Gasteiger partial charge in [-0.2, -0.15) is 4.98 Å². The molecule has 1 fully saturated rings. The number of rotatable bonds is 7. The maximum atomic E-state index is 13.0. The second kappa shape index (κ2) is 11.0. The number of amides is 1. The van der Waals surface area contributed by atoms with Crippen LogP contribution in [0.15, 0.2) is 60.1 Å². The van der Waals surface area contributed by atoms with E-state index in [-0.39, 0.29) is 40.8 Å². The van der Waals surface area contributed by atoms with Crippen LogP contribution >= 0.6 is 0 Å². The van der Waals surface area contributed by atoms with Gasteiger partial charge in [0, 0.05) is 55.4 Å². The highest BCUT2D eigenvalue weighted by molar-refractivity contribution is 6.02. The number of fused-ring (bicyclic) bond motifs is 1. The van der Waals surface area contributed by atoms with Crippen LogP contribution in [0.3, 0.4) is 0 Å². The van der Waals surface area contributed by atoms with Crippen LogP contribution in [0.4, 0.5) is 17.3 Å². The molecule has 3 heterocycles. The standard InChI is InChI=1S/C27H35N9O2/c1-6-13-35-25(38)21-18-29-26(30-19-7-9-20(10-8-19)34-16-14-33(5)15-17-34)31-24(21)36(35)22(28)11-12-23(37)32-27(2,3)4/h6-12,18,28H,1,13-17H2,2-5H3,(H,32,37)(H,29,30,31)/b12-11-,28-22?. The van der Waals surface area contributed by atoms with Crippen molar-refractivity contribution in [2.45, 2.75) is 32.9 Å². The first-order valence-corrected chi connectivity index (χ1v) is 12.5. The highest BCUT2D eigenvalue weighted by Gasteiger charge is 2.19. The molecule has 1 aromatic carbocycles. The number of carbonyl (C=O) groups excluding carboxylic acids is 1. The molecule has 3 N–H and O–H groups in total. The third kappa shape index (κ3) is 6.17. The molecule has 11 nitrogen and oxygen atoms in total. The van der Waals surface area contributed by atoms with Gasteiger partial charge in [-0.15, -0.1) is 6.58 Å². The number of allylic oxidation sites excluding steroid dienone is 2. The summed E-state index contributed by atoms with van der Waals surface area (Å²) in [5.74, 6) is -0.144. The van der Waals surface area contributed by atoms with Gasteiger partial charge in [-0.25, -0.2) is 14.3 Å². The number of hydrogen-bond acceptors (Lipinski definition) is 8. The Balaban J connectivity index is 1.60. The van der Waals surface area contributed by atoms with Crippen molar-refractivity contribution in [2.24, 2.45) is 0 Å². The van der Waals surface area contributed by atoms with Crippen molar-refractivity contribution in [1.82, 2.24) is 29.5 Å². The van der Waals surface area contributed by atoms with Gasteiger partial charge in [-0.05, 0) is 58.2 Å². The maximum Gasteiger partial charge on any atom is 0.278 e. The number of likely N-dealkylation sites (N-methyl/N-ethyl adjacent to an activating group) is 1. The highest BCUT2D eigenvalue weighted by Crippen LogP contribution is 2.21. The molecule has 1 aliphatic heterocycles. The van der Waals surface area contributed by atoms with E-state index in [9.17, 15) is 9.59 Å². The smallest absolute Gasteiger partial charge is 0.278 e. The first kappa shape index (κ1) is 26.8. The van der Waals surface area contributed by atoms with E-state index >= 15 is 0 Å². The normalized spacial score (nSPS) is 14.7. The molecule has 0 aliphatic carbocycles. The monoisotopic (exact) mass is 517 g/mol. The highest BCUT2D eigenvalue weighted by atomic mass is 16.1. The molecule has 1 aliphatic rings. The van der Waals surface area contributed by atoms with Gasteiger partial charge >= 0.3 is 0 Å². The minimum Gasteiger partial charge on any atom is -0.369 e. The Labute approximate surface area is 222 Å². The molecule has 3 aromatic rings. The van der Waals surface area contributed by atoms with Crippen LogP contribution in [-0.2, 0) is 11.3 Å². The van der Waals surface area contributed by atoms with Gasteiger partial charge in [0.2, 0.25) is 11.9 Å². The number of hydrogen-bond donors (Lipinski definition) is 3. The van der Waals surface area contributed by atoms with E-state index in [2.05, 4.69) is 56.2 Å². The second-order valence-corrected chi connectivity index (χ2v) is 10.3. The summed E-state index contributed by atoms with van der Waals surface area (Å²) < 4.78 is 2.71. The zero-order valence-corrected chi connectivity index (χ0v) is 22.4. The van der Waals surface area contributed by atoms with Crippen LogP contribution in [0.25, 0.3) is 11.0 Å². The average Bonchev–Trinajstić information content (AvgIpc) is 3.13.